The molecule has 0 atom stereocenters. The highest BCUT2D eigenvalue weighted by Crippen LogP contribution is 2.40. The first-order chi connectivity index (χ1) is 14.4. The van der Waals surface area contributed by atoms with E-state index in [9.17, 15) is 31.1 Å². The lowest BCUT2D eigenvalue weighted by Crippen LogP contribution is -2.20. The molecule has 1 saturated carbocycles. The van der Waals surface area contributed by atoms with E-state index in [4.69, 9.17) is 15.2 Å². The maximum absolute atomic E-state index is 12.8. The summed E-state index contributed by atoms with van der Waals surface area (Å²) >= 11 is 0. The Morgan fingerprint density at radius 3 is 2.16 bits per heavy atom. The highest BCUT2D eigenvalue weighted by Gasteiger charge is 2.31. The Bertz CT molecular complexity index is 932. The Morgan fingerprint density at radius 2 is 1.61 bits per heavy atom. The summed E-state index contributed by atoms with van der Waals surface area (Å²) in [5.41, 5.74) is 5.10. The molecule has 1 aliphatic rings. The fourth-order valence-electron chi connectivity index (χ4n) is 3.38. The topological polar surface area (TPSA) is 61.6 Å². The molecule has 168 valence electrons. The van der Waals surface area contributed by atoms with Gasteiger partial charge in [0.05, 0.1) is 17.2 Å². The van der Waals surface area contributed by atoms with Crippen LogP contribution in [-0.4, -0.2) is 18.8 Å². The molecule has 10 heteroatoms. The molecule has 0 bridgehead atoms. The SMILES string of the molecule is Nc1c(OCC(F)(F)F)cc(OC(=O)C2CCCC2)cc1-c1ccc(C(F)(F)F)cc1. The maximum atomic E-state index is 12.8. The van der Waals surface area contributed by atoms with E-state index in [1.807, 2.05) is 0 Å². The second-order valence-corrected chi connectivity index (χ2v) is 7.26. The lowest BCUT2D eigenvalue weighted by atomic mass is 10.0. The minimum atomic E-state index is -4.64. The molecule has 1 aliphatic carbocycles. The minimum absolute atomic E-state index is 0.0858. The number of alkyl halides is 6. The van der Waals surface area contributed by atoms with Crippen LogP contribution < -0.4 is 15.2 Å². The van der Waals surface area contributed by atoms with Crippen LogP contribution in [0.1, 0.15) is 31.2 Å². The predicted molar refractivity (Wildman–Crippen MR) is 100 cm³/mol. The molecule has 0 saturated heterocycles. The van der Waals surface area contributed by atoms with Crippen molar-refractivity contribution in [3.8, 4) is 22.6 Å². The molecule has 0 aliphatic heterocycles. The van der Waals surface area contributed by atoms with E-state index in [0.29, 0.717) is 12.8 Å². The van der Waals surface area contributed by atoms with Crippen LogP contribution in [0.25, 0.3) is 11.1 Å². The summed E-state index contributed by atoms with van der Waals surface area (Å²) in [4.78, 5) is 12.3. The van der Waals surface area contributed by atoms with E-state index in [2.05, 4.69) is 0 Å². The van der Waals surface area contributed by atoms with Crippen molar-refractivity contribution in [3.63, 3.8) is 0 Å². The van der Waals surface area contributed by atoms with Gasteiger partial charge in [0.1, 0.15) is 11.5 Å². The number of hydrogen-bond acceptors (Lipinski definition) is 4. The van der Waals surface area contributed by atoms with Crippen LogP contribution in [0.5, 0.6) is 11.5 Å². The molecule has 0 heterocycles. The van der Waals surface area contributed by atoms with Gasteiger partial charge in [-0.15, -0.1) is 0 Å². The number of benzene rings is 2. The first-order valence-electron chi connectivity index (χ1n) is 9.46. The van der Waals surface area contributed by atoms with Crippen LogP contribution in [0.2, 0.25) is 0 Å². The molecule has 0 aromatic heterocycles. The highest BCUT2D eigenvalue weighted by atomic mass is 19.4. The number of carbonyl (C=O) groups excluding carboxylic acids is 1. The van der Waals surface area contributed by atoms with Gasteiger partial charge in [-0.1, -0.05) is 25.0 Å². The fourth-order valence-corrected chi connectivity index (χ4v) is 3.38. The first kappa shape index (κ1) is 22.8. The maximum Gasteiger partial charge on any atom is 0.422 e. The van der Waals surface area contributed by atoms with Crippen molar-refractivity contribution in [3.05, 3.63) is 42.0 Å². The van der Waals surface area contributed by atoms with Gasteiger partial charge >= 0.3 is 18.3 Å². The van der Waals surface area contributed by atoms with Gasteiger partial charge in [-0.25, -0.2) is 0 Å². The lowest BCUT2D eigenvalue weighted by molar-refractivity contribution is -0.153. The smallest absolute Gasteiger partial charge is 0.422 e. The van der Waals surface area contributed by atoms with Crippen LogP contribution >= 0.6 is 0 Å². The van der Waals surface area contributed by atoms with E-state index < -0.39 is 30.5 Å². The van der Waals surface area contributed by atoms with E-state index in [1.54, 1.807) is 0 Å². The van der Waals surface area contributed by atoms with Gasteiger partial charge in [-0.05, 0) is 36.6 Å². The number of rotatable bonds is 5. The average molecular weight is 447 g/mol. The molecule has 3 rings (SSSR count). The molecule has 0 radical (unpaired) electrons. The van der Waals surface area contributed by atoms with Crippen molar-refractivity contribution in [2.45, 2.75) is 38.0 Å². The van der Waals surface area contributed by atoms with Crippen molar-refractivity contribution in [2.24, 2.45) is 5.92 Å². The second-order valence-electron chi connectivity index (χ2n) is 7.26. The number of anilines is 1. The van der Waals surface area contributed by atoms with Gasteiger partial charge in [-0.2, -0.15) is 26.3 Å². The molecule has 4 nitrogen and oxygen atoms in total. The Kier molecular flexibility index (Phi) is 6.38. The van der Waals surface area contributed by atoms with E-state index in [0.717, 1.165) is 43.2 Å². The number of nitrogen functional groups attached to an aromatic ring is 1. The predicted octanol–water partition coefficient (Wildman–Crippen LogP) is 5.99. The molecule has 2 aromatic rings. The van der Waals surface area contributed by atoms with Crippen molar-refractivity contribution in [1.82, 2.24) is 0 Å². The summed E-state index contributed by atoms with van der Waals surface area (Å²) in [6.45, 7) is -1.64. The summed E-state index contributed by atoms with van der Waals surface area (Å²) in [6, 6.07) is 6.27. The molecule has 0 spiro atoms. The Balaban J connectivity index is 1.96. The third-order valence-electron chi connectivity index (χ3n) is 4.94. The van der Waals surface area contributed by atoms with Crippen LogP contribution in [0.4, 0.5) is 32.0 Å². The minimum Gasteiger partial charge on any atom is -0.482 e. The van der Waals surface area contributed by atoms with Crippen molar-refractivity contribution >= 4 is 11.7 Å². The summed E-state index contributed by atoms with van der Waals surface area (Å²) in [6.07, 6.45) is -6.15. The quantitative estimate of drug-likeness (QED) is 0.265. The second kappa shape index (κ2) is 8.68. The molecule has 0 unspecified atom stereocenters. The van der Waals surface area contributed by atoms with Gasteiger partial charge in [0, 0.05) is 11.6 Å². The van der Waals surface area contributed by atoms with Gasteiger partial charge in [0.25, 0.3) is 0 Å². The Morgan fingerprint density at radius 1 is 1.00 bits per heavy atom. The molecule has 0 amide bonds. The molecule has 2 N–H and O–H groups in total. The summed E-state index contributed by atoms with van der Waals surface area (Å²) in [5.74, 6) is -1.32. The van der Waals surface area contributed by atoms with Gasteiger partial charge in [0.15, 0.2) is 6.61 Å². The number of halogens is 6. The van der Waals surface area contributed by atoms with E-state index in [1.165, 1.54) is 6.07 Å². The van der Waals surface area contributed by atoms with Crippen LogP contribution in [-0.2, 0) is 11.0 Å². The zero-order chi connectivity index (χ0) is 22.8. The van der Waals surface area contributed by atoms with Crippen molar-refractivity contribution < 1.29 is 40.6 Å². The average Bonchev–Trinajstić information content (AvgIpc) is 3.22. The van der Waals surface area contributed by atoms with Crippen LogP contribution in [0, 0.1) is 5.92 Å². The third-order valence-corrected chi connectivity index (χ3v) is 4.94. The van der Waals surface area contributed by atoms with E-state index in [-0.39, 0.29) is 34.2 Å². The largest absolute Gasteiger partial charge is 0.482 e. The molecule has 2 aromatic carbocycles. The van der Waals surface area contributed by atoms with Gasteiger partial charge in [0.2, 0.25) is 0 Å². The lowest BCUT2D eigenvalue weighted by Gasteiger charge is -2.17. The Hall–Kier alpha value is -2.91. The number of hydrogen-bond donors (Lipinski definition) is 1. The number of esters is 1. The zero-order valence-electron chi connectivity index (χ0n) is 16.1. The van der Waals surface area contributed by atoms with Crippen LogP contribution in [0.15, 0.2) is 36.4 Å². The zero-order valence-corrected chi connectivity index (χ0v) is 16.1. The number of nitrogens with two attached hydrogens (primary N) is 1. The molecule has 1 fully saturated rings. The normalized spacial score (nSPS) is 15.2. The summed E-state index contributed by atoms with van der Waals surface area (Å²) in [7, 11) is 0. The monoisotopic (exact) mass is 447 g/mol. The van der Waals surface area contributed by atoms with Crippen molar-refractivity contribution in [2.75, 3.05) is 12.3 Å². The number of carbonyl (C=O) groups is 1. The third kappa shape index (κ3) is 5.83. The number of ether oxygens (including phenoxy) is 2. The fraction of sp³-hybridized carbons (Fsp3) is 0.381. The molecular formula is C21H19F6NO3. The Labute approximate surface area is 173 Å². The van der Waals surface area contributed by atoms with Gasteiger partial charge < -0.3 is 15.2 Å². The summed E-state index contributed by atoms with van der Waals surface area (Å²) < 4.78 is 86.4. The van der Waals surface area contributed by atoms with Crippen molar-refractivity contribution in [1.29, 1.82) is 0 Å². The standard InChI is InChI=1S/C21H19F6NO3/c22-20(23,24)11-30-17-10-15(31-19(29)13-3-1-2-4-13)9-16(18(17)28)12-5-7-14(8-6-12)21(25,26)27/h5-10,13H,1-4,11,28H2. The molecular weight excluding hydrogens is 428 g/mol. The van der Waals surface area contributed by atoms with Gasteiger partial charge in [-0.3, -0.25) is 4.79 Å². The highest BCUT2D eigenvalue weighted by molar-refractivity contribution is 5.84. The van der Waals surface area contributed by atoms with Crippen LogP contribution in [0.3, 0.4) is 0 Å². The summed E-state index contributed by atoms with van der Waals surface area (Å²) in [5, 5.41) is 0. The first-order valence-corrected chi connectivity index (χ1v) is 9.46. The van der Waals surface area contributed by atoms with E-state index >= 15 is 0 Å². The molecule has 31 heavy (non-hydrogen) atoms.